The molecule has 6 heteroatoms. The molecule has 2 aromatic carbocycles. The first-order valence-corrected chi connectivity index (χ1v) is 11.1. The summed E-state index contributed by atoms with van der Waals surface area (Å²) < 4.78 is 13.1. The Bertz CT molecular complexity index is 1020. The first kappa shape index (κ1) is 17.8. The van der Waals surface area contributed by atoms with E-state index in [1.165, 1.54) is 33.0 Å². The van der Waals surface area contributed by atoms with Crippen molar-refractivity contribution >= 4 is 34.7 Å². The molecule has 0 unspecified atom stereocenters. The standard InChI is InChI=1S/C22H19FN2OS2/c23-16-5-7-17(8-6-16)24-9-11-25(12-10-24)22(26)20-13-15-14-27-19-4-2-1-3-18(19)21(15)28-20/h1-8,13H,9-12,14H2. The Morgan fingerprint density at radius 1 is 0.964 bits per heavy atom. The first-order valence-electron chi connectivity index (χ1n) is 9.34. The largest absolute Gasteiger partial charge is 0.368 e. The first-order chi connectivity index (χ1) is 13.7. The third-order valence-corrected chi connectivity index (χ3v) is 7.61. The fourth-order valence-electron chi connectivity index (χ4n) is 3.78. The SMILES string of the molecule is O=C(c1cc2c(s1)-c1ccccc1SC2)N1CCN(c2ccc(F)cc2)CC1. The van der Waals surface area contributed by atoms with Gasteiger partial charge >= 0.3 is 0 Å². The Hall–Kier alpha value is -2.31. The van der Waals surface area contributed by atoms with Crippen LogP contribution in [0.5, 0.6) is 0 Å². The van der Waals surface area contributed by atoms with Gasteiger partial charge in [-0.2, -0.15) is 0 Å². The van der Waals surface area contributed by atoms with Gasteiger partial charge in [0.2, 0.25) is 0 Å². The molecule has 0 spiro atoms. The predicted octanol–water partition coefficient (Wildman–Crippen LogP) is 5.12. The van der Waals surface area contributed by atoms with Crippen molar-refractivity contribution in [3.05, 3.63) is 70.9 Å². The fraction of sp³-hybridized carbons (Fsp3) is 0.227. The Balaban J connectivity index is 1.31. The molecule has 1 saturated heterocycles. The lowest BCUT2D eigenvalue weighted by atomic mass is 10.1. The molecule has 0 N–H and O–H groups in total. The summed E-state index contributed by atoms with van der Waals surface area (Å²) in [6, 6.07) is 17.1. The zero-order chi connectivity index (χ0) is 19.1. The van der Waals surface area contributed by atoms with E-state index in [1.807, 2.05) is 16.7 Å². The second-order valence-corrected chi connectivity index (χ2v) is 9.07. The topological polar surface area (TPSA) is 23.6 Å². The van der Waals surface area contributed by atoms with Crippen LogP contribution < -0.4 is 4.90 Å². The molecule has 1 amide bonds. The summed E-state index contributed by atoms with van der Waals surface area (Å²) in [5, 5.41) is 0. The average molecular weight is 411 g/mol. The number of thioether (sulfide) groups is 1. The molecule has 2 aliphatic heterocycles. The van der Waals surface area contributed by atoms with Crippen LogP contribution in [-0.4, -0.2) is 37.0 Å². The summed E-state index contributed by atoms with van der Waals surface area (Å²) in [6.07, 6.45) is 0. The van der Waals surface area contributed by atoms with Crippen LogP contribution in [0.15, 0.2) is 59.5 Å². The van der Waals surface area contributed by atoms with Gasteiger partial charge in [-0.15, -0.1) is 23.1 Å². The molecule has 0 saturated carbocycles. The lowest BCUT2D eigenvalue weighted by Gasteiger charge is -2.36. The van der Waals surface area contributed by atoms with E-state index in [9.17, 15) is 9.18 Å². The Kier molecular flexibility index (Phi) is 4.61. The summed E-state index contributed by atoms with van der Waals surface area (Å²) in [5.41, 5.74) is 3.52. The maximum absolute atomic E-state index is 13.1. The number of piperazine rings is 1. The Morgan fingerprint density at radius 3 is 2.50 bits per heavy atom. The Labute approximate surface area is 171 Å². The molecule has 0 atom stereocenters. The summed E-state index contributed by atoms with van der Waals surface area (Å²) in [7, 11) is 0. The zero-order valence-electron chi connectivity index (χ0n) is 15.2. The van der Waals surface area contributed by atoms with Gasteiger partial charge in [-0.3, -0.25) is 4.79 Å². The van der Waals surface area contributed by atoms with Crippen molar-refractivity contribution in [1.29, 1.82) is 0 Å². The second kappa shape index (κ2) is 7.26. The number of rotatable bonds is 2. The summed E-state index contributed by atoms with van der Waals surface area (Å²) in [5.74, 6) is 0.827. The predicted molar refractivity (Wildman–Crippen MR) is 114 cm³/mol. The molecule has 142 valence electrons. The van der Waals surface area contributed by atoms with Gasteiger partial charge in [-0.05, 0) is 42.0 Å². The van der Waals surface area contributed by atoms with Crippen LogP contribution in [0.1, 0.15) is 15.2 Å². The molecular weight excluding hydrogens is 391 g/mol. The number of carbonyl (C=O) groups excluding carboxylic acids is 1. The molecule has 1 aromatic heterocycles. The van der Waals surface area contributed by atoms with Crippen molar-refractivity contribution in [3.8, 4) is 10.4 Å². The fourth-order valence-corrected chi connectivity index (χ4v) is 6.16. The molecule has 0 radical (unpaired) electrons. The van der Waals surface area contributed by atoms with E-state index in [-0.39, 0.29) is 11.7 Å². The van der Waals surface area contributed by atoms with Crippen molar-refractivity contribution in [3.63, 3.8) is 0 Å². The zero-order valence-corrected chi connectivity index (χ0v) is 16.9. The molecule has 5 rings (SSSR count). The highest BCUT2D eigenvalue weighted by molar-refractivity contribution is 7.98. The highest BCUT2D eigenvalue weighted by atomic mass is 32.2. The number of hydrogen-bond acceptors (Lipinski definition) is 4. The number of amides is 1. The van der Waals surface area contributed by atoms with Crippen LogP contribution in [0, 0.1) is 5.82 Å². The highest BCUT2D eigenvalue weighted by Crippen LogP contribution is 2.45. The molecule has 2 aliphatic rings. The molecule has 3 nitrogen and oxygen atoms in total. The quantitative estimate of drug-likeness (QED) is 0.586. The van der Waals surface area contributed by atoms with Gasteiger partial charge in [0.25, 0.3) is 5.91 Å². The maximum Gasteiger partial charge on any atom is 0.264 e. The molecule has 0 bridgehead atoms. The van der Waals surface area contributed by atoms with E-state index in [1.54, 1.807) is 23.5 Å². The van der Waals surface area contributed by atoms with Gasteiger partial charge < -0.3 is 9.80 Å². The summed E-state index contributed by atoms with van der Waals surface area (Å²) in [4.78, 5) is 20.6. The van der Waals surface area contributed by atoms with Crippen LogP contribution in [0.4, 0.5) is 10.1 Å². The number of anilines is 1. The number of hydrogen-bond donors (Lipinski definition) is 0. The minimum absolute atomic E-state index is 0.126. The number of halogens is 1. The van der Waals surface area contributed by atoms with E-state index in [4.69, 9.17) is 0 Å². The molecule has 28 heavy (non-hydrogen) atoms. The molecule has 3 aromatic rings. The van der Waals surface area contributed by atoms with Gasteiger partial charge in [-0.1, -0.05) is 18.2 Å². The van der Waals surface area contributed by atoms with E-state index < -0.39 is 0 Å². The van der Waals surface area contributed by atoms with Crippen LogP contribution >= 0.6 is 23.1 Å². The maximum atomic E-state index is 13.1. The molecular formula is C22H19FN2OS2. The van der Waals surface area contributed by atoms with E-state index in [0.29, 0.717) is 13.1 Å². The van der Waals surface area contributed by atoms with Gasteiger partial charge in [0.05, 0.1) is 4.88 Å². The number of benzene rings is 2. The summed E-state index contributed by atoms with van der Waals surface area (Å²) in [6.45, 7) is 2.90. The highest BCUT2D eigenvalue weighted by Gasteiger charge is 2.26. The number of nitrogens with zero attached hydrogens (tertiary/aromatic N) is 2. The van der Waals surface area contributed by atoms with Crippen molar-refractivity contribution in [2.24, 2.45) is 0 Å². The lowest BCUT2D eigenvalue weighted by Crippen LogP contribution is -2.48. The van der Waals surface area contributed by atoms with Crippen LogP contribution in [-0.2, 0) is 5.75 Å². The lowest BCUT2D eigenvalue weighted by molar-refractivity contribution is 0.0751. The van der Waals surface area contributed by atoms with Gasteiger partial charge in [-0.25, -0.2) is 4.39 Å². The average Bonchev–Trinajstić information content (AvgIpc) is 3.19. The monoisotopic (exact) mass is 410 g/mol. The number of fused-ring (bicyclic) bond motifs is 3. The van der Waals surface area contributed by atoms with Crippen molar-refractivity contribution in [2.45, 2.75) is 10.6 Å². The minimum atomic E-state index is -0.223. The van der Waals surface area contributed by atoms with Crippen LogP contribution in [0.3, 0.4) is 0 Å². The van der Waals surface area contributed by atoms with Crippen LogP contribution in [0.25, 0.3) is 10.4 Å². The molecule has 3 heterocycles. The van der Waals surface area contributed by atoms with Crippen molar-refractivity contribution in [2.75, 3.05) is 31.1 Å². The third kappa shape index (κ3) is 3.20. The minimum Gasteiger partial charge on any atom is -0.368 e. The van der Waals surface area contributed by atoms with Gasteiger partial charge in [0.1, 0.15) is 5.82 Å². The van der Waals surface area contributed by atoms with Crippen molar-refractivity contribution in [1.82, 2.24) is 4.90 Å². The van der Waals surface area contributed by atoms with E-state index in [0.717, 1.165) is 29.4 Å². The van der Waals surface area contributed by atoms with Crippen LogP contribution in [0.2, 0.25) is 0 Å². The summed E-state index contributed by atoms with van der Waals surface area (Å²) >= 11 is 3.46. The van der Waals surface area contributed by atoms with E-state index >= 15 is 0 Å². The van der Waals surface area contributed by atoms with Gasteiger partial charge in [0, 0.05) is 53.0 Å². The molecule has 0 aliphatic carbocycles. The number of carbonyl (C=O) groups is 1. The Morgan fingerprint density at radius 2 is 1.71 bits per heavy atom. The van der Waals surface area contributed by atoms with E-state index in [2.05, 4.69) is 35.2 Å². The van der Waals surface area contributed by atoms with Crippen molar-refractivity contribution < 1.29 is 9.18 Å². The van der Waals surface area contributed by atoms with Gasteiger partial charge in [0.15, 0.2) is 0 Å². The number of thiophene rings is 1. The normalized spacial score (nSPS) is 15.9. The third-order valence-electron chi connectivity index (χ3n) is 5.29. The molecule has 1 fully saturated rings. The second-order valence-electron chi connectivity index (χ2n) is 7.01. The smallest absolute Gasteiger partial charge is 0.264 e.